The van der Waals surface area contributed by atoms with E-state index in [2.05, 4.69) is 25.1 Å². The molecule has 0 atom stereocenters. The molecule has 3 heterocycles. The van der Waals surface area contributed by atoms with Crippen LogP contribution < -0.4 is 5.73 Å². The van der Waals surface area contributed by atoms with Crippen molar-refractivity contribution in [1.29, 1.82) is 0 Å². The lowest BCUT2D eigenvalue weighted by molar-refractivity contribution is 1.10. The fourth-order valence-corrected chi connectivity index (χ4v) is 3.31. The van der Waals surface area contributed by atoms with Gasteiger partial charge in [-0.15, -0.1) is 0 Å². The maximum absolute atomic E-state index is 5.97. The van der Waals surface area contributed by atoms with Crippen LogP contribution in [0.1, 0.15) is 5.69 Å². The Morgan fingerprint density at radius 3 is 2.71 bits per heavy atom. The van der Waals surface area contributed by atoms with Gasteiger partial charge < -0.3 is 5.73 Å². The number of nitrogens with zero attached hydrogens (tertiary/aromatic N) is 4. The van der Waals surface area contributed by atoms with E-state index in [1.807, 2.05) is 43.3 Å². The van der Waals surface area contributed by atoms with Crippen LogP contribution in [0.5, 0.6) is 0 Å². The van der Waals surface area contributed by atoms with Crippen molar-refractivity contribution in [2.75, 3.05) is 5.73 Å². The van der Waals surface area contributed by atoms with Crippen LogP contribution in [0.15, 0.2) is 48.8 Å². The lowest BCUT2D eigenvalue weighted by Gasteiger charge is -2.04. The molecule has 3 aromatic heterocycles. The van der Waals surface area contributed by atoms with E-state index in [1.165, 1.54) is 11.3 Å². The summed E-state index contributed by atoms with van der Waals surface area (Å²) in [5.74, 6) is 0.624. The Morgan fingerprint density at radius 1 is 1.08 bits per heavy atom. The molecule has 0 unspecified atom stereocenters. The van der Waals surface area contributed by atoms with Crippen LogP contribution in [-0.2, 0) is 0 Å². The van der Waals surface area contributed by atoms with Crippen LogP contribution in [0, 0.1) is 6.92 Å². The van der Waals surface area contributed by atoms with Crippen LogP contribution in [0.4, 0.5) is 5.13 Å². The first-order chi connectivity index (χ1) is 11.7. The number of aryl methyl sites for hydroxylation is 1. The van der Waals surface area contributed by atoms with E-state index in [4.69, 9.17) is 5.73 Å². The van der Waals surface area contributed by atoms with Crippen molar-refractivity contribution < 1.29 is 0 Å². The first-order valence-corrected chi connectivity index (χ1v) is 8.19. The van der Waals surface area contributed by atoms with Gasteiger partial charge in [0.25, 0.3) is 0 Å². The van der Waals surface area contributed by atoms with Crippen molar-refractivity contribution in [3.05, 3.63) is 54.5 Å². The average molecular weight is 334 g/mol. The zero-order chi connectivity index (χ0) is 16.5. The molecule has 1 aromatic carbocycles. The summed E-state index contributed by atoms with van der Waals surface area (Å²) in [5.41, 5.74) is 10.4. The van der Waals surface area contributed by atoms with E-state index >= 15 is 0 Å². The topological polar surface area (TPSA) is 93.4 Å². The molecular weight excluding hydrogens is 320 g/mol. The Balaban J connectivity index is 1.89. The van der Waals surface area contributed by atoms with E-state index in [0.29, 0.717) is 11.0 Å². The molecule has 0 aliphatic heterocycles. The maximum atomic E-state index is 5.97. The molecule has 0 saturated carbocycles. The van der Waals surface area contributed by atoms with Crippen LogP contribution in [0.25, 0.3) is 33.2 Å². The minimum Gasteiger partial charge on any atom is -0.375 e. The van der Waals surface area contributed by atoms with Crippen molar-refractivity contribution in [2.24, 2.45) is 0 Å². The van der Waals surface area contributed by atoms with Crippen molar-refractivity contribution in [3.63, 3.8) is 0 Å². The van der Waals surface area contributed by atoms with Crippen LogP contribution >= 0.6 is 11.3 Å². The molecule has 0 saturated heterocycles. The van der Waals surface area contributed by atoms with Crippen LogP contribution in [0.2, 0.25) is 0 Å². The number of hydrogen-bond acceptors (Lipinski definition) is 6. The Labute approximate surface area is 142 Å². The van der Waals surface area contributed by atoms with E-state index in [-0.39, 0.29) is 0 Å². The number of rotatable bonds is 3. The SMILES string of the molecule is Cc1ccnc(-c2sc(N)nc2-c2cn[nH]c2-c2ccccc2)n1. The van der Waals surface area contributed by atoms with Gasteiger partial charge in [0.15, 0.2) is 11.0 Å². The Hall–Kier alpha value is -3.06. The van der Waals surface area contributed by atoms with E-state index in [0.717, 1.165) is 33.1 Å². The molecule has 6 nitrogen and oxygen atoms in total. The molecule has 0 spiro atoms. The predicted molar refractivity (Wildman–Crippen MR) is 95.3 cm³/mol. The molecule has 0 radical (unpaired) electrons. The van der Waals surface area contributed by atoms with Crippen LogP contribution in [-0.4, -0.2) is 25.1 Å². The molecule has 4 rings (SSSR count). The second-order valence-electron chi connectivity index (χ2n) is 5.28. The summed E-state index contributed by atoms with van der Waals surface area (Å²) in [4.78, 5) is 14.2. The van der Waals surface area contributed by atoms with E-state index in [1.54, 1.807) is 12.4 Å². The summed E-state index contributed by atoms with van der Waals surface area (Å²) in [5, 5.41) is 7.72. The first kappa shape index (κ1) is 14.5. The van der Waals surface area contributed by atoms with Crippen LogP contribution in [0.3, 0.4) is 0 Å². The number of nitrogens with two attached hydrogens (primary N) is 1. The average Bonchev–Trinajstić information content (AvgIpc) is 3.22. The molecule has 0 aliphatic carbocycles. The van der Waals surface area contributed by atoms with Crippen molar-refractivity contribution in [3.8, 4) is 33.2 Å². The normalized spacial score (nSPS) is 10.9. The maximum Gasteiger partial charge on any atom is 0.181 e. The fraction of sp³-hybridized carbons (Fsp3) is 0.0588. The quantitative estimate of drug-likeness (QED) is 0.597. The molecule has 118 valence electrons. The molecule has 0 amide bonds. The molecular formula is C17H14N6S. The number of H-pyrrole nitrogens is 1. The zero-order valence-corrected chi connectivity index (χ0v) is 13.7. The van der Waals surface area contributed by atoms with E-state index in [9.17, 15) is 0 Å². The lowest BCUT2D eigenvalue weighted by atomic mass is 10.1. The third kappa shape index (κ3) is 2.55. The van der Waals surface area contributed by atoms with Gasteiger partial charge in [0.1, 0.15) is 4.88 Å². The van der Waals surface area contributed by atoms with Crippen molar-refractivity contribution >= 4 is 16.5 Å². The second kappa shape index (κ2) is 5.86. The zero-order valence-electron chi connectivity index (χ0n) is 12.9. The van der Waals surface area contributed by atoms with Gasteiger partial charge in [-0.1, -0.05) is 41.7 Å². The number of aromatic amines is 1. The van der Waals surface area contributed by atoms with Gasteiger partial charge >= 0.3 is 0 Å². The third-order valence-electron chi connectivity index (χ3n) is 3.60. The Bertz CT molecular complexity index is 989. The van der Waals surface area contributed by atoms with E-state index < -0.39 is 0 Å². The number of nitrogen functional groups attached to an aromatic ring is 1. The smallest absolute Gasteiger partial charge is 0.181 e. The second-order valence-corrected chi connectivity index (χ2v) is 6.31. The predicted octanol–water partition coefficient (Wildman–Crippen LogP) is 3.55. The summed E-state index contributed by atoms with van der Waals surface area (Å²) in [6.07, 6.45) is 3.50. The summed E-state index contributed by atoms with van der Waals surface area (Å²) in [6.45, 7) is 1.93. The fourth-order valence-electron chi connectivity index (χ4n) is 2.52. The largest absolute Gasteiger partial charge is 0.375 e. The molecule has 0 fully saturated rings. The highest BCUT2D eigenvalue weighted by Crippen LogP contribution is 2.39. The summed E-state index contributed by atoms with van der Waals surface area (Å²) < 4.78 is 0. The minimum absolute atomic E-state index is 0.477. The van der Waals surface area contributed by atoms with Gasteiger partial charge in [0.05, 0.1) is 17.6 Å². The van der Waals surface area contributed by atoms with Gasteiger partial charge in [0.2, 0.25) is 0 Å². The highest BCUT2D eigenvalue weighted by molar-refractivity contribution is 7.19. The third-order valence-corrected chi connectivity index (χ3v) is 4.48. The summed E-state index contributed by atoms with van der Waals surface area (Å²) >= 11 is 1.38. The molecule has 0 aliphatic rings. The lowest BCUT2D eigenvalue weighted by Crippen LogP contribution is -1.91. The molecule has 24 heavy (non-hydrogen) atoms. The standard InChI is InChI=1S/C17H14N6S/c1-10-7-8-19-16(21-10)15-14(22-17(18)24-15)12-9-20-23-13(12)11-5-3-2-4-6-11/h2-9H,1H3,(H2,18,22)(H,20,23). The van der Waals surface area contributed by atoms with Crippen molar-refractivity contribution in [1.82, 2.24) is 25.1 Å². The van der Waals surface area contributed by atoms with Gasteiger partial charge in [-0.2, -0.15) is 5.10 Å². The molecule has 4 aromatic rings. The number of nitrogens with one attached hydrogen (secondary N) is 1. The summed E-state index contributed by atoms with van der Waals surface area (Å²) in [7, 11) is 0. The number of hydrogen-bond donors (Lipinski definition) is 2. The van der Waals surface area contributed by atoms with Gasteiger partial charge in [-0.25, -0.2) is 15.0 Å². The highest BCUT2D eigenvalue weighted by atomic mass is 32.1. The van der Waals surface area contributed by atoms with Gasteiger partial charge in [-0.05, 0) is 13.0 Å². The number of aromatic nitrogens is 5. The minimum atomic E-state index is 0.477. The Morgan fingerprint density at radius 2 is 1.92 bits per heavy atom. The van der Waals surface area contributed by atoms with Gasteiger partial charge in [-0.3, -0.25) is 5.10 Å². The number of thiazole rings is 1. The molecule has 7 heteroatoms. The monoisotopic (exact) mass is 334 g/mol. The molecule has 3 N–H and O–H groups in total. The first-order valence-electron chi connectivity index (χ1n) is 7.38. The summed E-state index contributed by atoms with van der Waals surface area (Å²) in [6, 6.07) is 11.9. The van der Waals surface area contributed by atoms with Crippen molar-refractivity contribution in [2.45, 2.75) is 6.92 Å². The number of anilines is 1. The van der Waals surface area contributed by atoms with Gasteiger partial charge in [0, 0.05) is 23.0 Å². The molecule has 0 bridgehead atoms. The Kier molecular flexibility index (Phi) is 3.55. The highest BCUT2D eigenvalue weighted by Gasteiger charge is 2.20. The number of benzene rings is 1.